The van der Waals surface area contributed by atoms with E-state index in [2.05, 4.69) is 28.9 Å². The fourth-order valence-corrected chi connectivity index (χ4v) is 2.80. The van der Waals surface area contributed by atoms with E-state index < -0.39 is 0 Å². The summed E-state index contributed by atoms with van der Waals surface area (Å²) in [5.41, 5.74) is 3.94. The summed E-state index contributed by atoms with van der Waals surface area (Å²) in [6.45, 7) is 6.04. The lowest BCUT2D eigenvalue weighted by molar-refractivity contribution is 0.488. The third-order valence-electron chi connectivity index (χ3n) is 3.30. The Morgan fingerprint density at radius 3 is 2.70 bits per heavy atom. The first-order chi connectivity index (χ1) is 11.1. The van der Waals surface area contributed by atoms with E-state index in [1.165, 1.54) is 0 Å². The summed E-state index contributed by atoms with van der Waals surface area (Å²) in [7, 11) is 0. The number of aryl methyl sites for hydroxylation is 1. The monoisotopic (exact) mass is 326 g/mol. The summed E-state index contributed by atoms with van der Waals surface area (Å²) in [6, 6.07) is 8.36. The van der Waals surface area contributed by atoms with Crippen LogP contribution in [0.5, 0.6) is 5.75 Å². The highest BCUT2D eigenvalue weighted by molar-refractivity contribution is 7.11. The average molecular weight is 326 g/mol. The number of rotatable bonds is 1. The van der Waals surface area contributed by atoms with Crippen LogP contribution in [0.15, 0.2) is 42.4 Å². The average Bonchev–Trinajstić information content (AvgIpc) is 3.14. The van der Waals surface area contributed by atoms with Crippen molar-refractivity contribution in [2.45, 2.75) is 26.8 Å². The van der Waals surface area contributed by atoms with Gasteiger partial charge in [-0.1, -0.05) is 12.1 Å². The van der Waals surface area contributed by atoms with E-state index in [1.54, 1.807) is 23.9 Å². The van der Waals surface area contributed by atoms with Crippen LogP contribution in [0.2, 0.25) is 0 Å². The molecule has 0 saturated carbocycles. The maximum absolute atomic E-state index is 5.48. The molecule has 4 rings (SSSR count). The van der Waals surface area contributed by atoms with Crippen LogP contribution in [-0.2, 0) is 0 Å². The van der Waals surface area contributed by atoms with E-state index >= 15 is 0 Å². The van der Waals surface area contributed by atoms with Gasteiger partial charge in [0.15, 0.2) is 0 Å². The quantitative estimate of drug-likeness (QED) is 0.667. The molecule has 5 nitrogen and oxygen atoms in total. The third-order valence-corrected chi connectivity index (χ3v) is 4.10. The molecule has 1 aromatic carbocycles. The highest BCUT2D eigenvalue weighted by Gasteiger charge is 2.13. The van der Waals surface area contributed by atoms with Gasteiger partial charge >= 0.3 is 0 Å². The first-order valence-electron chi connectivity index (χ1n) is 7.39. The van der Waals surface area contributed by atoms with Crippen molar-refractivity contribution >= 4 is 17.4 Å². The number of benzene rings is 1. The van der Waals surface area contributed by atoms with Gasteiger partial charge in [-0.3, -0.25) is 4.68 Å². The SMILES string of the molecule is C1=Cc2scnc2-c2ccccc2O1.Cc1ncn(C(C)C)n1. The van der Waals surface area contributed by atoms with Crippen LogP contribution in [-0.4, -0.2) is 19.7 Å². The van der Waals surface area contributed by atoms with Gasteiger partial charge in [-0.2, -0.15) is 5.10 Å². The molecule has 23 heavy (non-hydrogen) atoms. The van der Waals surface area contributed by atoms with Gasteiger partial charge in [-0.05, 0) is 39.0 Å². The van der Waals surface area contributed by atoms with Crippen LogP contribution in [0.3, 0.4) is 0 Å². The van der Waals surface area contributed by atoms with E-state index in [-0.39, 0.29) is 0 Å². The van der Waals surface area contributed by atoms with Crippen LogP contribution < -0.4 is 4.74 Å². The van der Waals surface area contributed by atoms with Gasteiger partial charge in [-0.15, -0.1) is 11.3 Å². The first kappa shape index (κ1) is 15.4. The third kappa shape index (κ3) is 3.48. The second kappa shape index (κ2) is 6.75. The van der Waals surface area contributed by atoms with Crippen molar-refractivity contribution in [3.63, 3.8) is 0 Å². The molecule has 0 unspecified atom stereocenters. The summed E-state index contributed by atoms with van der Waals surface area (Å²) in [6.07, 6.45) is 5.41. The zero-order chi connectivity index (χ0) is 16.2. The minimum absolute atomic E-state index is 0.422. The topological polar surface area (TPSA) is 52.8 Å². The van der Waals surface area contributed by atoms with E-state index in [4.69, 9.17) is 4.74 Å². The number of fused-ring (bicyclic) bond motifs is 3. The second-order valence-corrected chi connectivity index (χ2v) is 6.23. The van der Waals surface area contributed by atoms with Gasteiger partial charge in [0.05, 0.1) is 22.3 Å². The van der Waals surface area contributed by atoms with Crippen LogP contribution in [0.25, 0.3) is 17.3 Å². The summed E-state index contributed by atoms with van der Waals surface area (Å²) in [4.78, 5) is 9.48. The number of nitrogens with zero attached hydrogens (tertiary/aromatic N) is 4. The Labute approximate surface area is 139 Å². The van der Waals surface area contributed by atoms with Gasteiger partial charge < -0.3 is 4.74 Å². The van der Waals surface area contributed by atoms with Gasteiger partial charge in [0.2, 0.25) is 0 Å². The number of aromatic nitrogens is 4. The molecule has 0 amide bonds. The second-order valence-electron chi connectivity index (χ2n) is 5.35. The Hall–Kier alpha value is -2.47. The van der Waals surface area contributed by atoms with E-state index in [0.717, 1.165) is 27.7 Å². The molecular formula is C17H18N4OS. The molecule has 2 aromatic heterocycles. The lowest BCUT2D eigenvalue weighted by Gasteiger charge is -2.03. The number of para-hydroxylation sites is 1. The summed E-state index contributed by atoms with van der Waals surface area (Å²) in [5.74, 6) is 1.71. The molecule has 0 aliphatic carbocycles. The maximum Gasteiger partial charge on any atom is 0.147 e. The largest absolute Gasteiger partial charge is 0.464 e. The predicted octanol–water partition coefficient (Wildman–Crippen LogP) is 4.34. The summed E-state index contributed by atoms with van der Waals surface area (Å²) in [5, 5.41) is 4.12. The van der Waals surface area contributed by atoms with Crippen molar-refractivity contribution in [1.82, 2.24) is 19.7 Å². The van der Waals surface area contributed by atoms with E-state index in [9.17, 15) is 0 Å². The molecular weight excluding hydrogens is 308 g/mol. The zero-order valence-electron chi connectivity index (χ0n) is 13.3. The number of hydrogen-bond acceptors (Lipinski definition) is 5. The van der Waals surface area contributed by atoms with Crippen molar-refractivity contribution in [3.05, 3.63) is 53.1 Å². The molecule has 118 valence electrons. The molecule has 1 aliphatic heterocycles. The smallest absolute Gasteiger partial charge is 0.147 e. The Bertz CT molecular complexity index is 819. The lowest BCUT2D eigenvalue weighted by Crippen LogP contribution is -2.00. The fourth-order valence-electron chi connectivity index (χ4n) is 2.12. The fraction of sp³-hybridized carbons (Fsp3) is 0.235. The Morgan fingerprint density at radius 2 is 2.00 bits per heavy atom. The number of hydrogen-bond donors (Lipinski definition) is 0. The minimum Gasteiger partial charge on any atom is -0.464 e. The highest BCUT2D eigenvalue weighted by atomic mass is 32.1. The Kier molecular flexibility index (Phi) is 4.52. The molecule has 0 radical (unpaired) electrons. The molecule has 3 heterocycles. The Morgan fingerprint density at radius 1 is 1.17 bits per heavy atom. The maximum atomic E-state index is 5.48. The van der Waals surface area contributed by atoms with Gasteiger partial charge in [0.25, 0.3) is 0 Å². The van der Waals surface area contributed by atoms with Crippen molar-refractivity contribution in [1.29, 1.82) is 0 Å². The van der Waals surface area contributed by atoms with Crippen LogP contribution >= 0.6 is 11.3 Å². The van der Waals surface area contributed by atoms with Crippen molar-refractivity contribution < 1.29 is 4.74 Å². The van der Waals surface area contributed by atoms with Crippen LogP contribution in [0.4, 0.5) is 0 Å². The Balaban J connectivity index is 0.000000151. The van der Waals surface area contributed by atoms with Gasteiger partial charge in [0.1, 0.15) is 17.9 Å². The van der Waals surface area contributed by atoms with Crippen LogP contribution in [0.1, 0.15) is 30.6 Å². The van der Waals surface area contributed by atoms with Gasteiger partial charge in [-0.25, -0.2) is 9.97 Å². The van der Waals surface area contributed by atoms with Crippen LogP contribution in [0, 0.1) is 6.92 Å². The molecule has 1 aliphatic rings. The van der Waals surface area contributed by atoms with Gasteiger partial charge in [0, 0.05) is 11.6 Å². The predicted molar refractivity (Wildman–Crippen MR) is 92.4 cm³/mol. The van der Waals surface area contributed by atoms with Crippen molar-refractivity contribution in [2.24, 2.45) is 0 Å². The van der Waals surface area contributed by atoms with E-state index in [0.29, 0.717) is 6.04 Å². The lowest BCUT2D eigenvalue weighted by atomic mass is 10.1. The zero-order valence-corrected chi connectivity index (χ0v) is 14.1. The molecule has 0 fully saturated rings. The number of thiazole rings is 1. The molecule has 6 heteroatoms. The molecule has 0 N–H and O–H groups in total. The molecule has 0 spiro atoms. The molecule has 3 aromatic rings. The molecule has 0 saturated heterocycles. The summed E-state index contributed by atoms with van der Waals surface area (Å²) >= 11 is 1.62. The molecule has 0 atom stereocenters. The molecule has 0 bridgehead atoms. The normalized spacial score (nSPS) is 11.8. The first-order valence-corrected chi connectivity index (χ1v) is 8.27. The minimum atomic E-state index is 0.422. The summed E-state index contributed by atoms with van der Waals surface area (Å²) < 4.78 is 7.32. The standard InChI is InChI=1S/C11H7NOS.C6H11N3/c1-2-4-9-8(3-1)11-10(5-6-13-9)14-7-12-11;1-5(2)9-4-7-6(3)8-9/h1-7H;4-5H,1-3H3. The van der Waals surface area contributed by atoms with Crippen molar-refractivity contribution in [2.75, 3.05) is 0 Å². The van der Waals surface area contributed by atoms with E-state index in [1.807, 2.05) is 47.5 Å². The highest BCUT2D eigenvalue weighted by Crippen LogP contribution is 2.35. The number of ether oxygens (including phenoxy) is 1. The van der Waals surface area contributed by atoms with Crippen molar-refractivity contribution in [3.8, 4) is 17.0 Å².